The summed E-state index contributed by atoms with van der Waals surface area (Å²) in [6.45, 7) is 9.06. The van der Waals surface area contributed by atoms with E-state index in [9.17, 15) is 0 Å². The van der Waals surface area contributed by atoms with E-state index < -0.39 is 0 Å². The number of likely N-dealkylation sites (N-methyl/N-ethyl adjacent to an activating group) is 1. The van der Waals surface area contributed by atoms with Crippen LogP contribution < -0.4 is 10.6 Å². The molecule has 0 spiro atoms. The second kappa shape index (κ2) is 8.27. The van der Waals surface area contributed by atoms with Crippen LogP contribution in [0.4, 0.5) is 0 Å². The molecule has 0 radical (unpaired) electrons. The Bertz CT molecular complexity index is 396. The molecule has 1 aromatic rings. The zero-order valence-electron chi connectivity index (χ0n) is 13.4. The van der Waals surface area contributed by atoms with Gasteiger partial charge in [0.15, 0.2) is 5.96 Å². The largest absolute Gasteiger partial charge is 0.357 e. The van der Waals surface area contributed by atoms with Gasteiger partial charge in [0.25, 0.3) is 0 Å². The maximum absolute atomic E-state index is 4.68. The lowest BCUT2D eigenvalue weighted by Gasteiger charge is -2.31. The molecular weight excluding hydrogens is 268 g/mol. The highest BCUT2D eigenvalue weighted by molar-refractivity contribution is 7.09. The lowest BCUT2D eigenvalue weighted by atomic mass is 10.1. The molecule has 0 saturated heterocycles. The number of thiophene rings is 1. The SMILES string of the molecule is CCNC(=NCC(C)(C)N(C)C)NCCc1cccs1. The van der Waals surface area contributed by atoms with Gasteiger partial charge in [0.05, 0.1) is 6.54 Å². The molecule has 0 aliphatic rings. The Morgan fingerprint density at radius 2 is 2.10 bits per heavy atom. The van der Waals surface area contributed by atoms with Crippen LogP contribution in [-0.2, 0) is 6.42 Å². The van der Waals surface area contributed by atoms with E-state index in [0.717, 1.165) is 32.0 Å². The van der Waals surface area contributed by atoms with E-state index >= 15 is 0 Å². The second-order valence-electron chi connectivity index (χ2n) is 5.66. The van der Waals surface area contributed by atoms with Crippen molar-refractivity contribution in [3.8, 4) is 0 Å². The highest BCUT2D eigenvalue weighted by Gasteiger charge is 2.19. The molecule has 1 rings (SSSR count). The summed E-state index contributed by atoms with van der Waals surface area (Å²) < 4.78 is 0. The summed E-state index contributed by atoms with van der Waals surface area (Å²) in [7, 11) is 4.18. The van der Waals surface area contributed by atoms with Crippen LogP contribution in [0.15, 0.2) is 22.5 Å². The number of aliphatic imine (C=N–C) groups is 1. The van der Waals surface area contributed by atoms with Gasteiger partial charge in [-0.15, -0.1) is 11.3 Å². The van der Waals surface area contributed by atoms with Gasteiger partial charge in [-0.05, 0) is 52.7 Å². The van der Waals surface area contributed by atoms with Crippen molar-refractivity contribution in [1.82, 2.24) is 15.5 Å². The third kappa shape index (κ3) is 5.92. The summed E-state index contributed by atoms with van der Waals surface area (Å²) in [5, 5.41) is 8.81. The monoisotopic (exact) mass is 296 g/mol. The first-order valence-corrected chi connectivity index (χ1v) is 8.05. The van der Waals surface area contributed by atoms with Gasteiger partial charge in [-0.1, -0.05) is 6.07 Å². The quantitative estimate of drug-likeness (QED) is 0.598. The Hall–Kier alpha value is -1.07. The summed E-state index contributed by atoms with van der Waals surface area (Å²) in [5.41, 5.74) is 0.0656. The zero-order valence-corrected chi connectivity index (χ0v) is 14.2. The Balaban J connectivity index is 2.46. The molecular formula is C15H28N4S. The van der Waals surface area contributed by atoms with E-state index in [1.807, 2.05) is 0 Å². The van der Waals surface area contributed by atoms with Crippen LogP contribution in [0, 0.1) is 0 Å². The normalized spacial score (nSPS) is 12.8. The predicted octanol–water partition coefficient (Wildman–Crippen LogP) is 2.19. The van der Waals surface area contributed by atoms with Crippen molar-refractivity contribution in [3.05, 3.63) is 22.4 Å². The summed E-state index contributed by atoms with van der Waals surface area (Å²) in [6.07, 6.45) is 1.04. The van der Waals surface area contributed by atoms with Crippen LogP contribution in [0.3, 0.4) is 0 Å². The van der Waals surface area contributed by atoms with E-state index in [-0.39, 0.29) is 5.54 Å². The van der Waals surface area contributed by atoms with Gasteiger partial charge in [-0.25, -0.2) is 0 Å². The third-order valence-electron chi connectivity index (χ3n) is 3.42. The minimum absolute atomic E-state index is 0.0656. The molecule has 1 heterocycles. The average Bonchev–Trinajstić information content (AvgIpc) is 2.89. The average molecular weight is 296 g/mol. The van der Waals surface area contributed by atoms with Crippen molar-refractivity contribution in [2.24, 2.45) is 4.99 Å². The third-order valence-corrected chi connectivity index (χ3v) is 4.36. The molecule has 0 aliphatic carbocycles. The number of guanidine groups is 1. The van der Waals surface area contributed by atoms with E-state index in [1.165, 1.54) is 4.88 Å². The predicted molar refractivity (Wildman–Crippen MR) is 89.8 cm³/mol. The van der Waals surface area contributed by atoms with Crippen molar-refractivity contribution in [1.29, 1.82) is 0 Å². The van der Waals surface area contributed by atoms with Crippen LogP contribution in [0.25, 0.3) is 0 Å². The van der Waals surface area contributed by atoms with Gasteiger partial charge in [0, 0.05) is 23.5 Å². The Kier molecular flexibility index (Phi) is 7.02. The van der Waals surface area contributed by atoms with Crippen molar-refractivity contribution < 1.29 is 0 Å². The van der Waals surface area contributed by atoms with Crippen LogP contribution in [0.5, 0.6) is 0 Å². The lowest BCUT2D eigenvalue weighted by molar-refractivity contribution is 0.204. The first kappa shape index (κ1) is 17.0. The van der Waals surface area contributed by atoms with Crippen molar-refractivity contribution in [2.45, 2.75) is 32.7 Å². The molecule has 114 valence electrons. The van der Waals surface area contributed by atoms with E-state index in [0.29, 0.717) is 0 Å². The molecule has 20 heavy (non-hydrogen) atoms. The summed E-state index contributed by atoms with van der Waals surface area (Å²) in [5.74, 6) is 0.902. The van der Waals surface area contributed by atoms with Gasteiger partial charge in [-0.2, -0.15) is 0 Å². The van der Waals surface area contributed by atoms with Crippen LogP contribution in [0.2, 0.25) is 0 Å². The molecule has 0 amide bonds. The molecule has 2 N–H and O–H groups in total. The molecule has 0 fully saturated rings. The Morgan fingerprint density at radius 1 is 1.35 bits per heavy atom. The van der Waals surface area contributed by atoms with Crippen molar-refractivity contribution >= 4 is 17.3 Å². The molecule has 0 aliphatic heterocycles. The molecule has 5 heteroatoms. The highest BCUT2D eigenvalue weighted by atomic mass is 32.1. The number of hydrogen-bond acceptors (Lipinski definition) is 3. The number of nitrogens with one attached hydrogen (secondary N) is 2. The van der Waals surface area contributed by atoms with Gasteiger partial charge in [0.1, 0.15) is 0 Å². The summed E-state index contributed by atoms with van der Waals surface area (Å²) in [6, 6.07) is 4.27. The Morgan fingerprint density at radius 3 is 2.65 bits per heavy atom. The van der Waals surface area contributed by atoms with Crippen LogP contribution in [0.1, 0.15) is 25.6 Å². The van der Waals surface area contributed by atoms with E-state index in [1.54, 1.807) is 11.3 Å². The number of hydrogen-bond donors (Lipinski definition) is 2. The van der Waals surface area contributed by atoms with Gasteiger partial charge >= 0.3 is 0 Å². The number of nitrogens with zero attached hydrogens (tertiary/aromatic N) is 2. The molecule has 0 saturated carbocycles. The Labute approximate surface area is 127 Å². The van der Waals surface area contributed by atoms with Gasteiger partial charge < -0.3 is 15.5 Å². The molecule has 0 bridgehead atoms. The van der Waals surface area contributed by atoms with Crippen molar-refractivity contribution in [3.63, 3.8) is 0 Å². The maximum Gasteiger partial charge on any atom is 0.191 e. The fourth-order valence-electron chi connectivity index (χ4n) is 1.51. The smallest absolute Gasteiger partial charge is 0.191 e. The zero-order chi connectivity index (χ0) is 15.0. The molecule has 0 unspecified atom stereocenters. The minimum Gasteiger partial charge on any atom is -0.357 e. The first-order valence-electron chi connectivity index (χ1n) is 7.17. The van der Waals surface area contributed by atoms with Crippen LogP contribution >= 0.6 is 11.3 Å². The molecule has 0 atom stereocenters. The second-order valence-corrected chi connectivity index (χ2v) is 6.69. The lowest BCUT2D eigenvalue weighted by Crippen LogP contribution is -2.44. The number of rotatable bonds is 7. The van der Waals surface area contributed by atoms with E-state index in [4.69, 9.17) is 0 Å². The molecule has 4 nitrogen and oxygen atoms in total. The van der Waals surface area contributed by atoms with Crippen LogP contribution in [-0.4, -0.2) is 50.1 Å². The summed E-state index contributed by atoms with van der Waals surface area (Å²) >= 11 is 1.80. The highest BCUT2D eigenvalue weighted by Crippen LogP contribution is 2.10. The van der Waals surface area contributed by atoms with Crippen molar-refractivity contribution in [2.75, 3.05) is 33.7 Å². The van der Waals surface area contributed by atoms with E-state index in [2.05, 4.69) is 72.9 Å². The van der Waals surface area contributed by atoms with Gasteiger partial charge in [0.2, 0.25) is 0 Å². The topological polar surface area (TPSA) is 39.7 Å². The maximum atomic E-state index is 4.68. The standard InChI is InChI=1S/C15H28N4S/c1-6-16-14(18-12-15(2,3)19(4)5)17-10-9-13-8-7-11-20-13/h7-8,11H,6,9-10,12H2,1-5H3,(H2,16,17,18). The fraction of sp³-hybridized carbons (Fsp3) is 0.667. The summed E-state index contributed by atoms with van der Waals surface area (Å²) in [4.78, 5) is 8.29. The first-order chi connectivity index (χ1) is 9.45. The molecule has 0 aromatic carbocycles. The van der Waals surface area contributed by atoms with Gasteiger partial charge in [-0.3, -0.25) is 4.99 Å². The molecule has 1 aromatic heterocycles. The minimum atomic E-state index is 0.0656. The fourth-order valence-corrected chi connectivity index (χ4v) is 2.22.